The number of nitrogens with zero attached hydrogens (tertiary/aromatic N) is 3. The third kappa shape index (κ3) is 2.03. The van der Waals surface area contributed by atoms with Gasteiger partial charge in [0, 0.05) is 5.56 Å². The van der Waals surface area contributed by atoms with Crippen molar-refractivity contribution in [1.29, 1.82) is 0 Å². The van der Waals surface area contributed by atoms with E-state index in [-0.39, 0.29) is 0 Å². The third-order valence-corrected chi connectivity index (χ3v) is 3.24. The maximum atomic E-state index is 4.27. The Labute approximate surface area is 112 Å². The summed E-state index contributed by atoms with van der Waals surface area (Å²) < 4.78 is 1.90. The Balaban J connectivity index is 2.23. The van der Waals surface area contributed by atoms with Crippen LogP contribution in [-0.2, 0) is 0 Å². The molecule has 0 fully saturated rings. The molecule has 19 heavy (non-hydrogen) atoms. The van der Waals surface area contributed by atoms with Crippen molar-refractivity contribution in [1.82, 2.24) is 15.0 Å². The normalized spacial score (nSPS) is 10.6. The third-order valence-electron chi connectivity index (χ3n) is 3.24. The van der Waals surface area contributed by atoms with Crippen molar-refractivity contribution in [3.05, 3.63) is 65.9 Å². The van der Waals surface area contributed by atoms with Gasteiger partial charge in [0.15, 0.2) is 0 Å². The molecule has 0 aliphatic carbocycles. The van der Waals surface area contributed by atoms with Crippen LogP contribution in [0.15, 0.2) is 54.6 Å². The van der Waals surface area contributed by atoms with E-state index < -0.39 is 0 Å². The minimum absolute atomic E-state index is 0.943. The topological polar surface area (TPSA) is 30.7 Å². The van der Waals surface area contributed by atoms with E-state index in [1.54, 1.807) is 0 Å². The van der Waals surface area contributed by atoms with Crippen molar-refractivity contribution in [3.8, 4) is 16.9 Å². The van der Waals surface area contributed by atoms with Crippen LogP contribution in [-0.4, -0.2) is 15.0 Å². The number of aromatic nitrogens is 3. The lowest BCUT2D eigenvalue weighted by molar-refractivity contribution is 0.805. The maximum absolute atomic E-state index is 4.27. The standard InChI is InChI=1S/C16H15N3/c1-12-8-6-7-11-15(12)16-13(2)17-18-19(16)14-9-4-3-5-10-14/h3-11H,1-2H3. The van der Waals surface area contributed by atoms with Crippen LogP contribution in [0.4, 0.5) is 0 Å². The van der Waals surface area contributed by atoms with Gasteiger partial charge >= 0.3 is 0 Å². The quantitative estimate of drug-likeness (QED) is 0.695. The fraction of sp³-hybridized carbons (Fsp3) is 0.125. The second-order valence-corrected chi connectivity index (χ2v) is 4.59. The lowest BCUT2D eigenvalue weighted by Crippen LogP contribution is -2.00. The van der Waals surface area contributed by atoms with Gasteiger partial charge < -0.3 is 0 Å². The number of hydrogen-bond acceptors (Lipinski definition) is 2. The Kier molecular flexibility index (Phi) is 2.88. The van der Waals surface area contributed by atoms with Gasteiger partial charge in [0.1, 0.15) is 0 Å². The van der Waals surface area contributed by atoms with Crippen molar-refractivity contribution in [2.24, 2.45) is 0 Å². The van der Waals surface area contributed by atoms with Crippen LogP contribution in [0.1, 0.15) is 11.3 Å². The predicted molar refractivity (Wildman–Crippen MR) is 76.3 cm³/mol. The summed E-state index contributed by atoms with van der Waals surface area (Å²) in [6.45, 7) is 4.10. The van der Waals surface area contributed by atoms with Crippen LogP contribution in [0.2, 0.25) is 0 Å². The molecule has 3 nitrogen and oxygen atoms in total. The van der Waals surface area contributed by atoms with Gasteiger partial charge in [-0.25, -0.2) is 4.68 Å². The highest BCUT2D eigenvalue weighted by Crippen LogP contribution is 2.27. The fourth-order valence-electron chi connectivity index (χ4n) is 2.25. The van der Waals surface area contributed by atoms with E-state index in [4.69, 9.17) is 0 Å². The van der Waals surface area contributed by atoms with Crippen LogP contribution in [0, 0.1) is 13.8 Å². The zero-order valence-electron chi connectivity index (χ0n) is 11.0. The van der Waals surface area contributed by atoms with Crippen molar-refractivity contribution in [2.45, 2.75) is 13.8 Å². The van der Waals surface area contributed by atoms with Crippen LogP contribution in [0.5, 0.6) is 0 Å². The molecule has 1 heterocycles. The maximum Gasteiger partial charge on any atom is 0.0976 e. The highest BCUT2D eigenvalue weighted by molar-refractivity contribution is 5.67. The number of para-hydroxylation sites is 1. The number of aryl methyl sites for hydroxylation is 2. The molecule has 0 aliphatic rings. The molecular formula is C16H15N3. The molecular weight excluding hydrogens is 234 g/mol. The molecule has 3 heteroatoms. The van der Waals surface area contributed by atoms with Gasteiger partial charge in [-0.3, -0.25) is 0 Å². The molecule has 0 amide bonds. The monoisotopic (exact) mass is 249 g/mol. The highest BCUT2D eigenvalue weighted by atomic mass is 15.4. The summed E-state index contributed by atoms with van der Waals surface area (Å²) in [5.74, 6) is 0. The van der Waals surface area contributed by atoms with Crippen molar-refractivity contribution < 1.29 is 0 Å². The van der Waals surface area contributed by atoms with E-state index in [9.17, 15) is 0 Å². The van der Waals surface area contributed by atoms with Crippen molar-refractivity contribution in [3.63, 3.8) is 0 Å². The van der Waals surface area contributed by atoms with E-state index in [1.165, 1.54) is 11.1 Å². The van der Waals surface area contributed by atoms with Gasteiger partial charge in [0.25, 0.3) is 0 Å². The van der Waals surface area contributed by atoms with E-state index in [1.807, 2.05) is 54.1 Å². The molecule has 1 aromatic heterocycles. The molecule has 0 N–H and O–H groups in total. The zero-order chi connectivity index (χ0) is 13.2. The first kappa shape index (κ1) is 11.7. The van der Waals surface area contributed by atoms with Gasteiger partial charge in [0.2, 0.25) is 0 Å². The zero-order valence-corrected chi connectivity index (χ0v) is 11.0. The number of hydrogen-bond donors (Lipinski definition) is 0. The van der Waals surface area contributed by atoms with Crippen molar-refractivity contribution >= 4 is 0 Å². The molecule has 0 aliphatic heterocycles. The Morgan fingerprint density at radius 1 is 0.842 bits per heavy atom. The second-order valence-electron chi connectivity index (χ2n) is 4.59. The molecule has 0 radical (unpaired) electrons. The average molecular weight is 249 g/mol. The molecule has 0 unspecified atom stereocenters. The highest BCUT2D eigenvalue weighted by Gasteiger charge is 2.14. The van der Waals surface area contributed by atoms with Gasteiger partial charge in [-0.1, -0.05) is 47.7 Å². The number of rotatable bonds is 2. The van der Waals surface area contributed by atoms with Crippen LogP contribution in [0.25, 0.3) is 16.9 Å². The van der Waals surface area contributed by atoms with Gasteiger partial charge in [-0.05, 0) is 31.5 Å². The van der Waals surface area contributed by atoms with Gasteiger partial charge in [-0.15, -0.1) is 5.10 Å². The summed E-state index contributed by atoms with van der Waals surface area (Å²) in [5, 5.41) is 8.49. The Hall–Kier alpha value is -2.42. The first-order valence-corrected chi connectivity index (χ1v) is 6.31. The molecule has 2 aromatic carbocycles. The molecule has 94 valence electrons. The van der Waals surface area contributed by atoms with Crippen LogP contribution >= 0.6 is 0 Å². The molecule has 3 aromatic rings. The molecule has 0 bridgehead atoms. The summed E-state index contributed by atoms with van der Waals surface area (Å²) in [4.78, 5) is 0. The lowest BCUT2D eigenvalue weighted by atomic mass is 10.0. The molecule has 0 spiro atoms. The number of benzene rings is 2. The molecule has 3 rings (SSSR count). The van der Waals surface area contributed by atoms with Crippen molar-refractivity contribution in [2.75, 3.05) is 0 Å². The average Bonchev–Trinajstić information content (AvgIpc) is 2.82. The summed E-state index contributed by atoms with van der Waals surface area (Å²) in [6, 6.07) is 18.4. The predicted octanol–water partition coefficient (Wildman–Crippen LogP) is 3.55. The van der Waals surface area contributed by atoms with Gasteiger partial charge in [-0.2, -0.15) is 0 Å². The van der Waals surface area contributed by atoms with Crippen LogP contribution < -0.4 is 0 Å². The Morgan fingerprint density at radius 2 is 1.53 bits per heavy atom. The first-order chi connectivity index (χ1) is 9.27. The molecule has 0 atom stereocenters. The minimum Gasteiger partial charge on any atom is -0.213 e. The van der Waals surface area contributed by atoms with Gasteiger partial charge in [0.05, 0.1) is 17.1 Å². The lowest BCUT2D eigenvalue weighted by Gasteiger charge is -2.09. The summed E-state index contributed by atoms with van der Waals surface area (Å²) in [6.07, 6.45) is 0. The largest absolute Gasteiger partial charge is 0.213 e. The Morgan fingerprint density at radius 3 is 2.26 bits per heavy atom. The smallest absolute Gasteiger partial charge is 0.0976 e. The Bertz CT molecular complexity index is 699. The summed E-state index contributed by atoms with van der Waals surface area (Å²) >= 11 is 0. The van der Waals surface area contributed by atoms with E-state index in [0.29, 0.717) is 0 Å². The molecule has 0 saturated carbocycles. The first-order valence-electron chi connectivity index (χ1n) is 6.31. The summed E-state index contributed by atoms with van der Waals surface area (Å²) in [7, 11) is 0. The fourth-order valence-corrected chi connectivity index (χ4v) is 2.25. The van der Waals surface area contributed by atoms with Crippen LogP contribution in [0.3, 0.4) is 0 Å². The molecule has 0 saturated heterocycles. The minimum atomic E-state index is 0.943. The second kappa shape index (κ2) is 4.69. The summed E-state index contributed by atoms with van der Waals surface area (Å²) in [5.41, 5.74) is 5.43. The van der Waals surface area contributed by atoms with E-state index >= 15 is 0 Å². The van der Waals surface area contributed by atoms with E-state index in [2.05, 4.69) is 29.4 Å². The SMILES string of the molecule is Cc1ccccc1-c1c(C)nnn1-c1ccccc1. The van der Waals surface area contributed by atoms with E-state index in [0.717, 1.165) is 17.1 Å².